The van der Waals surface area contributed by atoms with E-state index in [1.54, 1.807) is 0 Å². The van der Waals surface area contributed by atoms with E-state index >= 15 is 0 Å². The van der Waals surface area contributed by atoms with Crippen LogP contribution < -0.4 is 0 Å². The molecule has 0 aromatic carbocycles. The number of quaternary nitrogens is 1. The minimum atomic E-state index is 0.264. The largest absolute Gasteiger partial charge is 0.390 e. The zero-order valence-corrected chi connectivity index (χ0v) is 13.5. The number of nitrogens with zero attached hydrogens (tertiary/aromatic N) is 2. The van der Waals surface area contributed by atoms with Crippen molar-refractivity contribution < 1.29 is 9.59 Å². The van der Waals surface area contributed by atoms with E-state index < -0.39 is 0 Å². The van der Waals surface area contributed by atoms with Gasteiger partial charge in [0.2, 0.25) is 0 Å². The van der Waals surface area contributed by atoms with Crippen LogP contribution >= 0.6 is 0 Å². The highest BCUT2D eigenvalue weighted by atomic mass is 16.3. The van der Waals surface area contributed by atoms with Gasteiger partial charge in [-0.3, -0.25) is 4.48 Å². The molecular formula is C17H33N2O+. The lowest BCUT2D eigenvalue weighted by molar-refractivity contribution is -0.835. The van der Waals surface area contributed by atoms with Crippen molar-refractivity contribution >= 4 is 5.84 Å². The first-order valence-corrected chi connectivity index (χ1v) is 8.45. The molecule has 0 aliphatic carbocycles. The van der Waals surface area contributed by atoms with E-state index in [9.17, 15) is 5.11 Å². The van der Waals surface area contributed by atoms with Crippen LogP contribution in [0.15, 0.2) is 17.1 Å². The number of aliphatic imine (C=N–C) groups is 1. The van der Waals surface area contributed by atoms with Gasteiger partial charge in [0.15, 0.2) is 5.84 Å². The second kappa shape index (κ2) is 10.1. The fourth-order valence-corrected chi connectivity index (χ4v) is 3.03. The minimum Gasteiger partial charge on any atom is -0.390 e. The third-order valence-corrected chi connectivity index (χ3v) is 4.43. The van der Waals surface area contributed by atoms with Crippen molar-refractivity contribution in [2.75, 3.05) is 32.8 Å². The molecule has 0 bridgehead atoms. The fourth-order valence-electron chi connectivity index (χ4n) is 3.03. The molecule has 1 unspecified atom stereocenters. The number of hydrogen-bond acceptors (Lipinski definition) is 2. The molecule has 1 aliphatic heterocycles. The van der Waals surface area contributed by atoms with Gasteiger partial charge in [-0.25, -0.2) is 4.99 Å². The van der Waals surface area contributed by atoms with E-state index in [-0.39, 0.29) is 6.61 Å². The quantitative estimate of drug-likeness (QED) is 0.351. The van der Waals surface area contributed by atoms with Gasteiger partial charge in [-0.1, -0.05) is 38.3 Å². The second-order valence-corrected chi connectivity index (χ2v) is 5.79. The minimum absolute atomic E-state index is 0.264. The average Bonchev–Trinajstić information content (AvgIpc) is 2.86. The van der Waals surface area contributed by atoms with Crippen LogP contribution in [0.25, 0.3) is 0 Å². The van der Waals surface area contributed by atoms with Gasteiger partial charge in [0.25, 0.3) is 0 Å². The summed E-state index contributed by atoms with van der Waals surface area (Å²) >= 11 is 0. The molecule has 1 aliphatic rings. The highest BCUT2D eigenvalue weighted by molar-refractivity contribution is 5.77. The Kier molecular flexibility index (Phi) is 8.79. The zero-order valence-electron chi connectivity index (χ0n) is 13.5. The number of aliphatic hydroxyl groups is 1. The van der Waals surface area contributed by atoms with E-state index in [0.717, 1.165) is 43.5 Å². The Morgan fingerprint density at radius 1 is 1.15 bits per heavy atom. The second-order valence-electron chi connectivity index (χ2n) is 5.79. The van der Waals surface area contributed by atoms with Crippen LogP contribution in [0.4, 0.5) is 0 Å². The van der Waals surface area contributed by atoms with E-state index in [4.69, 9.17) is 0 Å². The molecule has 20 heavy (non-hydrogen) atoms. The highest BCUT2D eigenvalue weighted by Crippen LogP contribution is 2.18. The summed E-state index contributed by atoms with van der Waals surface area (Å²) in [6.45, 7) is 8.62. The number of unbranched alkanes of at least 4 members (excludes halogenated alkanes) is 4. The van der Waals surface area contributed by atoms with Crippen LogP contribution in [-0.2, 0) is 0 Å². The van der Waals surface area contributed by atoms with Crippen molar-refractivity contribution in [3.05, 3.63) is 12.2 Å². The van der Waals surface area contributed by atoms with E-state index in [1.807, 2.05) is 0 Å². The third-order valence-electron chi connectivity index (χ3n) is 4.43. The summed E-state index contributed by atoms with van der Waals surface area (Å²) < 4.78 is 0.918. The monoisotopic (exact) mass is 281 g/mol. The number of hydrogen-bond donors (Lipinski definition) is 1. The molecular weight excluding hydrogens is 248 g/mol. The van der Waals surface area contributed by atoms with Gasteiger partial charge >= 0.3 is 0 Å². The molecule has 3 nitrogen and oxygen atoms in total. The normalized spacial score (nSPS) is 22.6. The number of allylic oxidation sites excluding steroid dienone is 2. The van der Waals surface area contributed by atoms with Gasteiger partial charge in [-0.05, 0) is 26.2 Å². The SMILES string of the molecule is CCCCCC/C=C/CCC1=NCC[N+]1(CC)CCO. The maximum absolute atomic E-state index is 9.27. The summed E-state index contributed by atoms with van der Waals surface area (Å²) in [6, 6.07) is 0. The standard InChI is InChI=1S/C17H33N2O/c1-3-5-6-7-8-9-10-11-12-17-18-13-14-19(17,4-2)15-16-20/h9-10,20H,3-8,11-16H2,1-2H3/q+1/b10-9+. The topological polar surface area (TPSA) is 32.6 Å². The molecule has 1 rings (SSSR count). The van der Waals surface area contributed by atoms with E-state index in [2.05, 4.69) is 31.0 Å². The molecule has 0 saturated carbocycles. The Morgan fingerprint density at radius 3 is 2.65 bits per heavy atom. The summed E-state index contributed by atoms with van der Waals surface area (Å²) in [5.74, 6) is 1.30. The lowest BCUT2D eigenvalue weighted by Crippen LogP contribution is -2.52. The van der Waals surface area contributed by atoms with Crippen LogP contribution in [0.1, 0.15) is 58.8 Å². The summed E-state index contributed by atoms with van der Waals surface area (Å²) in [4.78, 5) is 4.68. The Morgan fingerprint density at radius 2 is 1.95 bits per heavy atom. The maximum Gasteiger partial charge on any atom is 0.198 e. The Hall–Kier alpha value is -0.670. The predicted molar refractivity (Wildman–Crippen MR) is 87.1 cm³/mol. The van der Waals surface area contributed by atoms with Gasteiger partial charge in [0, 0.05) is 6.42 Å². The molecule has 1 atom stereocenters. The number of amidine groups is 1. The molecule has 1 heterocycles. The van der Waals surface area contributed by atoms with Gasteiger partial charge in [-0.15, -0.1) is 0 Å². The van der Waals surface area contributed by atoms with Crippen molar-refractivity contribution in [2.45, 2.75) is 58.8 Å². The molecule has 0 radical (unpaired) electrons. The van der Waals surface area contributed by atoms with Gasteiger partial charge in [-0.2, -0.15) is 0 Å². The third kappa shape index (κ3) is 5.37. The van der Waals surface area contributed by atoms with Crippen molar-refractivity contribution in [3.63, 3.8) is 0 Å². The summed E-state index contributed by atoms with van der Waals surface area (Å²) in [6.07, 6.45) is 13.4. The fraction of sp³-hybridized carbons (Fsp3) is 0.824. The first kappa shape index (κ1) is 17.4. The molecule has 0 aromatic rings. The Labute approximate surface area is 125 Å². The first-order chi connectivity index (χ1) is 9.79. The molecule has 0 saturated heterocycles. The predicted octanol–water partition coefficient (Wildman–Crippen LogP) is 3.53. The van der Waals surface area contributed by atoms with E-state index in [1.165, 1.54) is 37.9 Å². The van der Waals surface area contributed by atoms with Crippen LogP contribution in [0.5, 0.6) is 0 Å². The van der Waals surface area contributed by atoms with Gasteiger partial charge in [0.05, 0.1) is 19.7 Å². The van der Waals surface area contributed by atoms with Gasteiger partial charge < -0.3 is 5.11 Å². The van der Waals surface area contributed by atoms with Crippen LogP contribution in [0, 0.1) is 0 Å². The Balaban J connectivity index is 2.25. The average molecular weight is 281 g/mol. The zero-order chi connectivity index (χ0) is 14.7. The van der Waals surface area contributed by atoms with Crippen LogP contribution in [0.3, 0.4) is 0 Å². The molecule has 1 N–H and O–H groups in total. The van der Waals surface area contributed by atoms with Crippen molar-refractivity contribution in [1.82, 2.24) is 0 Å². The maximum atomic E-state index is 9.27. The van der Waals surface area contributed by atoms with Crippen LogP contribution in [-0.4, -0.2) is 48.2 Å². The Bertz CT molecular complexity index is 312. The van der Waals surface area contributed by atoms with Crippen molar-refractivity contribution in [3.8, 4) is 0 Å². The number of likely N-dealkylation sites (N-methyl/N-ethyl adjacent to an activating group) is 1. The number of aliphatic hydroxyl groups excluding tert-OH is 1. The lowest BCUT2D eigenvalue weighted by atomic mass is 10.1. The van der Waals surface area contributed by atoms with E-state index in [0.29, 0.717) is 0 Å². The summed E-state index contributed by atoms with van der Waals surface area (Å²) in [7, 11) is 0. The molecule has 116 valence electrons. The molecule has 3 heteroatoms. The molecule has 0 amide bonds. The number of rotatable bonds is 11. The molecule has 0 aromatic heterocycles. The molecule has 0 fully saturated rings. The van der Waals surface area contributed by atoms with Gasteiger partial charge in [0.1, 0.15) is 13.1 Å². The summed E-state index contributed by atoms with van der Waals surface area (Å²) in [5.41, 5.74) is 0. The summed E-state index contributed by atoms with van der Waals surface area (Å²) in [5, 5.41) is 9.27. The first-order valence-electron chi connectivity index (χ1n) is 8.45. The molecule has 0 spiro atoms. The van der Waals surface area contributed by atoms with Crippen molar-refractivity contribution in [1.29, 1.82) is 0 Å². The lowest BCUT2D eigenvalue weighted by Gasteiger charge is -2.32. The smallest absolute Gasteiger partial charge is 0.198 e. The van der Waals surface area contributed by atoms with Crippen molar-refractivity contribution in [2.24, 2.45) is 4.99 Å². The highest BCUT2D eigenvalue weighted by Gasteiger charge is 2.35. The van der Waals surface area contributed by atoms with Crippen LogP contribution in [0.2, 0.25) is 0 Å².